The van der Waals surface area contributed by atoms with Crippen LogP contribution in [0.5, 0.6) is 5.75 Å². The summed E-state index contributed by atoms with van der Waals surface area (Å²) in [6.07, 6.45) is 5.75. The summed E-state index contributed by atoms with van der Waals surface area (Å²) in [7, 11) is 3.40. The fraction of sp³-hybridized carbons (Fsp3) is 0.278. The van der Waals surface area contributed by atoms with Gasteiger partial charge in [-0.15, -0.1) is 22.0 Å². The third-order valence-electron chi connectivity index (χ3n) is 3.30. The number of tetrazole rings is 1. The van der Waals surface area contributed by atoms with Crippen LogP contribution >= 0.6 is 11.8 Å². The lowest BCUT2D eigenvalue weighted by atomic mass is 10.1. The Morgan fingerprint density at radius 2 is 2.24 bits per heavy atom. The normalized spacial score (nSPS) is 11.9. The van der Waals surface area contributed by atoms with Gasteiger partial charge in [-0.1, -0.05) is 18.7 Å². The first-order valence-corrected chi connectivity index (χ1v) is 8.73. The van der Waals surface area contributed by atoms with Gasteiger partial charge < -0.3 is 10.5 Å². The fourth-order valence-electron chi connectivity index (χ4n) is 2.10. The number of ether oxygens (including phenoxy) is 1. The smallest absolute Gasteiger partial charge is 0.204 e. The van der Waals surface area contributed by atoms with Gasteiger partial charge in [0.1, 0.15) is 5.75 Å². The first-order chi connectivity index (χ1) is 12.0. The highest BCUT2D eigenvalue weighted by Crippen LogP contribution is 2.26. The first kappa shape index (κ1) is 18.8. The summed E-state index contributed by atoms with van der Waals surface area (Å²) >= 11 is 1.55. The van der Waals surface area contributed by atoms with Crippen molar-refractivity contribution >= 4 is 17.8 Å². The van der Waals surface area contributed by atoms with E-state index in [1.807, 2.05) is 36.6 Å². The van der Waals surface area contributed by atoms with Crippen LogP contribution in [-0.4, -0.2) is 27.3 Å². The van der Waals surface area contributed by atoms with E-state index in [1.165, 1.54) is 4.80 Å². The average Bonchev–Trinajstić information content (AvgIpc) is 3.03. The molecule has 1 aromatic heterocycles. The van der Waals surface area contributed by atoms with Gasteiger partial charge in [-0.3, -0.25) is 0 Å². The molecule has 0 amide bonds. The van der Waals surface area contributed by atoms with Gasteiger partial charge in [0.05, 0.1) is 14.2 Å². The number of nitrogens with two attached hydrogens (primary N) is 1. The molecule has 0 aliphatic heterocycles. The molecule has 0 radical (unpaired) electrons. The zero-order valence-corrected chi connectivity index (χ0v) is 15.6. The molecule has 6 nitrogen and oxygen atoms in total. The van der Waals surface area contributed by atoms with Gasteiger partial charge in [-0.2, -0.15) is 4.80 Å². The Bertz CT molecular complexity index is 795. The maximum Gasteiger partial charge on any atom is 0.204 e. The molecule has 132 valence electrons. The minimum Gasteiger partial charge on any atom is -0.496 e. The highest BCUT2D eigenvalue weighted by molar-refractivity contribution is 8.05. The molecule has 7 heteroatoms. The van der Waals surface area contributed by atoms with Crippen LogP contribution in [0.1, 0.15) is 25.3 Å². The van der Waals surface area contributed by atoms with Crippen molar-refractivity contribution in [2.75, 3.05) is 7.11 Å². The topological polar surface area (TPSA) is 78.9 Å². The summed E-state index contributed by atoms with van der Waals surface area (Å²) in [5.41, 5.74) is 8.68. The minimum atomic E-state index is 0.587. The second-order valence-corrected chi connectivity index (χ2v) is 6.68. The summed E-state index contributed by atoms with van der Waals surface area (Å²) in [5.74, 6) is 1.38. The Hall–Kier alpha value is -2.54. The van der Waals surface area contributed by atoms with Crippen LogP contribution in [0.3, 0.4) is 0 Å². The summed E-state index contributed by atoms with van der Waals surface area (Å²) in [5, 5.41) is 14.1. The number of allylic oxidation sites excluding steroid dienone is 3. The molecular weight excluding hydrogens is 334 g/mol. The van der Waals surface area contributed by atoms with E-state index in [0.717, 1.165) is 40.3 Å². The van der Waals surface area contributed by atoms with Gasteiger partial charge in [-0.25, -0.2) is 0 Å². The van der Waals surface area contributed by atoms with Crippen LogP contribution in [0.4, 0.5) is 0 Å². The van der Waals surface area contributed by atoms with Crippen LogP contribution < -0.4 is 10.5 Å². The third-order valence-corrected chi connectivity index (χ3v) is 4.13. The van der Waals surface area contributed by atoms with Gasteiger partial charge in [0, 0.05) is 16.8 Å². The number of hydrogen-bond acceptors (Lipinski definition) is 6. The van der Waals surface area contributed by atoms with Crippen molar-refractivity contribution in [2.45, 2.75) is 19.8 Å². The van der Waals surface area contributed by atoms with Gasteiger partial charge >= 0.3 is 0 Å². The van der Waals surface area contributed by atoms with E-state index in [0.29, 0.717) is 5.82 Å². The van der Waals surface area contributed by atoms with E-state index < -0.39 is 0 Å². The van der Waals surface area contributed by atoms with Crippen LogP contribution in [0, 0.1) is 0 Å². The molecule has 1 aromatic carbocycles. The third kappa shape index (κ3) is 5.79. The van der Waals surface area contributed by atoms with Crippen molar-refractivity contribution in [2.24, 2.45) is 12.8 Å². The molecule has 0 saturated heterocycles. The minimum absolute atomic E-state index is 0.587. The summed E-state index contributed by atoms with van der Waals surface area (Å²) in [4.78, 5) is 2.46. The zero-order valence-electron chi connectivity index (χ0n) is 14.8. The Kier molecular flexibility index (Phi) is 6.82. The number of rotatable bonds is 8. The molecule has 0 aliphatic carbocycles. The molecule has 0 unspecified atom stereocenters. The standard InChI is InChI=1S/C18H23N5OS/c1-13(2)25-12-16(19)8-6-5-7-14-11-15(9-10-17(14)24-4)18-20-22-23(3)21-18/h5,7,9-12H,1,6,8,19H2,2-4H3/b7-5+,16-12-. The molecule has 0 fully saturated rings. The Labute approximate surface area is 152 Å². The van der Waals surface area contributed by atoms with Crippen molar-refractivity contribution < 1.29 is 4.74 Å². The number of methoxy groups -OCH3 is 1. The lowest BCUT2D eigenvalue weighted by molar-refractivity contribution is 0.414. The SMILES string of the molecule is C=C(C)S/C=C(\N)CC/C=C/c1cc(-c2nnn(C)n2)ccc1OC. The first-order valence-electron chi connectivity index (χ1n) is 7.85. The number of aromatic nitrogens is 4. The van der Waals surface area contributed by atoms with Crippen molar-refractivity contribution in [1.82, 2.24) is 20.2 Å². The Morgan fingerprint density at radius 1 is 1.44 bits per heavy atom. The second-order valence-electron chi connectivity index (χ2n) is 5.51. The van der Waals surface area contributed by atoms with Gasteiger partial charge in [0.2, 0.25) is 5.82 Å². The molecule has 1 heterocycles. The Morgan fingerprint density at radius 3 is 2.88 bits per heavy atom. The molecule has 2 rings (SSSR count). The molecule has 0 aliphatic rings. The van der Waals surface area contributed by atoms with Crippen molar-refractivity contribution in [3.05, 3.63) is 52.4 Å². The predicted octanol–water partition coefficient (Wildman–Crippen LogP) is 3.75. The lowest BCUT2D eigenvalue weighted by Crippen LogP contribution is -1.95. The number of aryl methyl sites for hydroxylation is 1. The van der Waals surface area contributed by atoms with E-state index in [4.69, 9.17) is 10.5 Å². The van der Waals surface area contributed by atoms with Crippen molar-refractivity contribution in [3.8, 4) is 17.1 Å². The molecule has 0 atom stereocenters. The van der Waals surface area contributed by atoms with Crippen LogP contribution in [-0.2, 0) is 7.05 Å². The maximum absolute atomic E-state index is 5.97. The Balaban J connectivity index is 2.07. The number of nitrogens with zero attached hydrogens (tertiary/aromatic N) is 4. The van der Waals surface area contributed by atoms with Crippen LogP contribution in [0.25, 0.3) is 17.5 Å². The highest BCUT2D eigenvalue weighted by atomic mass is 32.2. The average molecular weight is 357 g/mol. The lowest BCUT2D eigenvalue weighted by Gasteiger charge is -2.06. The van der Waals surface area contributed by atoms with E-state index >= 15 is 0 Å². The molecular formula is C18H23N5OS. The molecule has 0 bridgehead atoms. The molecule has 2 aromatic rings. The van der Waals surface area contributed by atoms with Crippen LogP contribution in [0.2, 0.25) is 0 Å². The van der Waals surface area contributed by atoms with E-state index in [2.05, 4.69) is 28.1 Å². The maximum atomic E-state index is 5.97. The highest BCUT2D eigenvalue weighted by Gasteiger charge is 2.08. The van der Waals surface area contributed by atoms with Crippen molar-refractivity contribution in [3.63, 3.8) is 0 Å². The molecule has 0 saturated carbocycles. The largest absolute Gasteiger partial charge is 0.496 e. The molecule has 25 heavy (non-hydrogen) atoms. The fourth-order valence-corrected chi connectivity index (χ4v) is 2.57. The second kappa shape index (κ2) is 9.08. The summed E-state index contributed by atoms with van der Waals surface area (Å²) in [6, 6.07) is 5.81. The molecule has 2 N–H and O–H groups in total. The number of thioether (sulfide) groups is 1. The summed E-state index contributed by atoms with van der Waals surface area (Å²) < 4.78 is 5.42. The molecule has 0 spiro atoms. The summed E-state index contributed by atoms with van der Waals surface area (Å²) in [6.45, 7) is 5.79. The monoisotopic (exact) mass is 357 g/mol. The number of benzene rings is 1. The zero-order chi connectivity index (χ0) is 18.2. The van der Waals surface area contributed by atoms with E-state index in [1.54, 1.807) is 25.9 Å². The van der Waals surface area contributed by atoms with Gasteiger partial charge in [0.15, 0.2) is 0 Å². The predicted molar refractivity (Wildman–Crippen MR) is 104 cm³/mol. The van der Waals surface area contributed by atoms with Crippen LogP contribution in [0.15, 0.2) is 46.9 Å². The van der Waals surface area contributed by atoms with E-state index in [-0.39, 0.29) is 0 Å². The van der Waals surface area contributed by atoms with E-state index in [9.17, 15) is 0 Å². The van der Waals surface area contributed by atoms with Crippen molar-refractivity contribution in [1.29, 1.82) is 0 Å². The quantitative estimate of drug-likeness (QED) is 0.775. The number of hydrogen-bond donors (Lipinski definition) is 1. The van der Waals surface area contributed by atoms with Gasteiger partial charge in [-0.05, 0) is 53.5 Å². The van der Waals surface area contributed by atoms with Gasteiger partial charge in [0.25, 0.3) is 0 Å².